The maximum atomic E-state index is 13.9. The first kappa shape index (κ1) is 38.4. The predicted octanol–water partition coefficient (Wildman–Crippen LogP) is 14.4. The van der Waals surface area contributed by atoms with Crippen LogP contribution in [0.2, 0.25) is 0 Å². The second-order valence-corrected chi connectivity index (χ2v) is 17.5. The van der Waals surface area contributed by atoms with Crippen molar-refractivity contribution in [2.24, 2.45) is 5.41 Å². The summed E-state index contributed by atoms with van der Waals surface area (Å²) < 4.78 is 83.2. The highest BCUT2D eigenvalue weighted by Gasteiger charge is 2.36. The van der Waals surface area contributed by atoms with Crippen molar-refractivity contribution in [1.29, 1.82) is 0 Å². The maximum absolute atomic E-state index is 13.9. The van der Waals surface area contributed by atoms with Crippen molar-refractivity contribution in [2.45, 2.75) is 105 Å². The van der Waals surface area contributed by atoms with E-state index in [-0.39, 0.29) is 27.9 Å². The monoisotopic (exact) mass is 726 g/mol. The van der Waals surface area contributed by atoms with Crippen molar-refractivity contribution in [1.82, 2.24) is 0 Å². The lowest BCUT2D eigenvalue weighted by Gasteiger charge is -2.27. The Morgan fingerprint density at radius 3 is 1.64 bits per heavy atom. The summed E-state index contributed by atoms with van der Waals surface area (Å²) in [7, 11) is 0. The predicted molar refractivity (Wildman–Crippen MR) is 205 cm³/mol. The van der Waals surface area contributed by atoms with Crippen molar-refractivity contribution in [3.05, 3.63) is 158 Å². The number of fused-ring (bicyclic) bond motifs is 3. The molecule has 53 heavy (non-hydrogen) atoms. The molecule has 4 aromatic carbocycles. The average Bonchev–Trinajstić information content (AvgIpc) is 3.58. The molecule has 0 nitrogen and oxygen atoms in total. The molecule has 0 saturated heterocycles. The topological polar surface area (TPSA) is 0 Å². The summed E-state index contributed by atoms with van der Waals surface area (Å²) in [6, 6.07) is 20.7. The van der Waals surface area contributed by atoms with Gasteiger partial charge in [0.15, 0.2) is 0 Å². The van der Waals surface area contributed by atoms with Gasteiger partial charge in [0.1, 0.15) is 0 Å². The van der Waals surface area contributed by atoms with Crippen LogP contribution in [0.3, 0.4) is 0 Å². The van der Waals surface area contributed by atoms with Gasteiger partial charge in [-0.1, -0.05) is 127 Å². The van der Waals surface area contributed by atoms with Crippen LogP contribution in [0.25, 0.3) is 16.7 Å². The molecule has 2 aliphatic rings. The number of hydrogen-bond acceptors (Lipinski definition) is 0. The number of allylic oxidation sites excluding steroid dienone is 5. The zero-order valence-electron chi connectivity index (χ0n) is 32.2. The van der Waals surface area contributed by atoms with Crippen molar-refractivity contribution < 1.29 is 26.3 Å². The minimum absolute atomic E-state index is 0.0167. The zero-order valence-corrected chi connectivity index (χ0v) is 32.2. The van der Waals surface area contributed by atoms with E-state index in [4.69, 9.17) is 0 Å². The van der Waals surface area contributed by atoms with Crippen LogP contribution in [-0.2, 0) is 29.6 Å². The lowest BCUT2D eigenvalue weighted by Crippen LogP contribution is -2.15. The third-order valence-corrected chi connectivity index (χ3v) is 11.0. The smallest absolute Gasteiger partial charge is 0.166 e. The number of rotatable bonds is 5. The minimum Gasteiger partial charge on any atom is -0.166 e. The van der Waals surface area contributed by atoms with Crippen LogP contribution < -0.4 is 0 Å². The molecular formula is C47H48F6. The van der Waals surface area contributed by atoms with Crippen LogP contribution in [0.15, 0.2) is 108 Å². The molecular weight excluding hydrogens is 679 g/mol. The Hall–Kier alpha value is -4.32. The summed E-state index contributed by atoms with van der Waals surface area (Å²) in [6.07, 6.45) is -4.28. The van der Waals surface area contributed by atoms with E-state index in [1.54, 1.807) is 6.08 Å². The van der Waals surface area contributed by atoms with Crippen LogP contribution >= 0.6 is 0 Å². The fourth-order valence-corrected chi connectivity index (χ4v) is 8.11. The number of halogens is 6. The molecule has 0 fully saturated rings. The summed E-state index contributed by atoms with van der Waals surface area (Å²) in [5.74, 6) is 0.177. The van der Waals surface area contributed by atoms with Gasteiger partial charge in [0.2, 0.25) is 0 Å². The van der Waals surface area contributed by atoms with Gasteiger partial charge in [-0.25, -0.2) is 0 Å². The van der Waals surface area contributed by atoms with Gasteiger partial charge in [-0.3, -0.25) is 0 Å². The fourth-order valence-electron chi connectivity index (χ4n) is 8.11. The first-order valence-corrected chi connectivity index (χ1v) is 18.1. The quantitative estimate of drug-likeness (QED) is 0.158. The van der Waals surface area contributed by atoms with Gasteiger partial charge in [0.05, 0.1) is 11.1 Å². The molecule has 0 N–H and O–H groups in total. The first-order chi connectivity index (χ1) is 24.4. The third-order valence-electron chi connectivity index (χ3n) is 11.0. The Morgan fingerprint density at radius 2 is 1.15 bits per heavy atom. The zero-order chi connectivity index (χ0) is 39.1. The molecule has 6 heteroatoms. The van der Waals surface area contributed by atoms with Crippen molar-refractivity contribution >= 4 is 5.57 Å². The van der Waals surface area contributed by atoms with Crippen LogP contribution in [0.4, 0.5) is 26.3 Å². The Bertz CT molecular complexity index is 2130. The molecule has 0 saturated carbocycles. The van der Waals surface area contributed by atoms with E-state index in [0.29, 0.717) is 5.57 Å². The molecule has 1 unspecified atom stereocenters. The lowest BCUT2D eigenvalue weighted by molar-refractivity contribution is -0.138. The van der Waals surface area contributed by atoms with E-state index >= 15 is 0 Å². The molecule has 2 aliphatic carbocycles. The molecule has 0 radical (unpaired) electrons. The molecule has 4 aromatic rings. The normalized spacial score (nSPS) is 16.5. The average molecular weight is 727 g/mol. The van der Waals surface area contributed by atoms with E-state index in [9.17, 15) is 26.3 Å². The van der Waals surface area contributed by atoms with E-state index in [2.05, 4.69) is 85.7 Å². The highest BCUT2D eigenvalue weighted by molar-refractivity contribution is 5.83. The molecule has 0 amide bonds. The van der Waals surface area contributed by atoms with Crippen LogP contribution in [0, 0.1) is 5.41 Å². The van der Waals surface area contributed by atoms with Crippen LogP contribution in [-0.4, -0.2) is 0 Å². The number of benzene rings is 4. The SMILES string of the molecule is CC1=CC(C(C)(C)C)=C(C)C1c1cc(C(C)(C)C)cc2c1Cc1ccc(C(C)(C)C=C(c3cccc(C(F)(F)F)c3)c3cccc(C(F)(F)F)c3)cc1-2. The summed E-state index contributed by atoms with van der Waals surface area (Å²) >= 11 is 0. The summed E-state index contributed by atoms with van der Waals surface area (Å²) in [4.78, 5) is 0. The van der Waals surface area contributed by atoms with Crippen molar-refractivity contribution in [3.8, 4) is 11.1 Å². The van der Waals surface area contributed by atoms with Crippen LogP contribution in [0.1, 0.15) is 125 Å². The minimum atomic E-state index is -4.61. The largest absolute Gasteiger partial charge is 0.416 e. The Labute approximate surface area is 310 Å². The third kappa shape index (κ3) is 7.43. The Balaban J connectivity index is 1.52. The van der Waals surface area contributed by atoms with Gasteiger partial charge in [-0.15, -0.1) is 0 Å². The highest BCUT2D eigenvalue weighted by atomic mass is 19.4. The Morgan fingerprint density at radius 1 is 0.604 bits per heavy atom. The van der Waals surface area contributed by atoms with E-state index in [1.165, 1.54) is 68.8 Å². The van der Waals surface area contributed by atoms with Gasteiger partial charge >= 0.3 is 12.4 Å². The highest BCUT2D eigenvalue weighted by Crippen LogP contribution is 2.51. The molecule has 6 rings (SSSR count). The number of hydrogen-bond donors (Lipinski definition) is 0. The van der Waals surface area contributed by atoms with Gasteiger partial charge in [-0.05, 0) is 123 Å². The second kappa shape index (κ2) is 12.9. The van der Waals surface area contributed by atoms with Gasteiger partial charge in [-0.2, -0.15) is 26.3 Å². The molecule has 278 valence electrons. The van der Waals surface area contributed by atoms with Gasteiger partial charge in [0, 0.05) is 11.3 Å². The van der Waals surface area contributed by atoms with Crippen molar-refractivity contribution in [3.63, 3.8) is 0 Å². The molecule has 0 bridgehead atoms. The van der Waals surface area contributed by atoms with E-state index in [0.717, 1.165) is 41.8 Å². The summed E-state index contributed by atoms with van der Waals surface area (Å²) in [5.41, 5.74) is 10.4. The van der Waals surface area contributed by atoms with Gasteiger partial charge in [0.25, 0.3) is 0 Å². The maximum Gasteiger partial charge on any atom is 0.416 e. The summed E-state index contributed by atoms with van der Waals surface area (Å²) in [6.45, 7) is 21.8. The fraction of sp³-hybridized carbons (Fsp3) is 0.362. The standard InChI is InChI=1S/C47H48F6/c1-27-19-41(44(6,7)8)28(2)42(27)39-25-35(43(3,4)5)24-38-36-23-32(18-17-31(36)22-37(38)39)45(9,10)26-40(29-13-11-15-33(20-29)46(48,49)50)30-14-12-16-34(21-30)47(51,52)53/h11-21,23-26,42H,22H2,1-10H3. The van der Waals surface area contributed by atoms with E-state index < -0.39 is 28.9 Å². The molecule has 0 heterocycles. The van der Waals surface area contributed by atoms with E-state index in [1.807, 2.05) is 19.9 Å². The molecule has 0 aromatic heterocycles. The Kier molecular flexibility index (Phi) is 9.36. The summed E-state index contributed by atoms with van der Waals surface area (Å²) in [5, 5.41) is 0. The molecule has 0 spiro atoms. The lowest BCUT2D eigenvalue weighted by atomic mass is 9.77. The molecule has 1 atom stereocenters. The molecule has 0 aliphatic heterocycles. The number of alkyl halides is 6. The van der Waals surface area contributed by atoms with Crippen LogP contribution in [0.5, 0.6) is 0 Å². The van der Waals surface area contributed by atoms with Crippen molar-refractivity contribution in [2.75, 3.05) is 0 Å². The second-order valence-electron chi connectivity index (χ2n) is 17.5. The van der Waals surface area contributed by atoms with Gasteiger partial charge < -0.3 is 0 Å². The first-order valence-electron chi connectivity index (χ1n) is 18.1.